The summed E-state index contributed by atoms with van der Waals surface area (Å²) in [6.07, 6.45) is -5.81. The molecule has 0 saturated carbocycles. The second kappa shape index (κ2) is 25.8. The van der Waals surface area contributed by atoms with Crippen LogP contribution in [-0.4, -0.2) is 178 Å². The number of ether oxygens (including phenoxy) is 8. The van der Waals surface area contributed by atoms with Crippen LogP contribution in [0.3, 0.4) is 0 Å². The van der Waals surface area contributed by atoms with Crippen molar-refractivity contribution >= 4 is 11.8 Å². The van der Waals surface area contributed by atoms with Crippen molar-refractivity contribution in [1.29, 1.82) is 0 Å². The molecule has 426 valence electrons. The number of aliphatic hydroxyl groups is 4. The lowest BCUT2D eigenvalue weighted by molar-refractivity contribution is -0.604. The van der Waals surface area contributed by atoms with Gasteiger partial charge in [-0.25, -0.2) is 9.07 Å². The molecule has 0 unspecified atom stereocenters. The first-order valence-corrected chi connectivity index (χ1v) is 26.6. The molecule has 0 bridgehead atoms. The second-order valence-electron chi connectivity index (χ2n) is 22.1. The maximum atomic E-state index is 14.9. The molecule has 3 aromatic rings. The number of carbonyl (C=O) groups is 2. The maximum absolute atomic E-state index is 14.9. The predicted molar refractivity (Wildman–Crippen MR) is 275 cm³/mol. The average molecular weight is 1070 g/mol. The zero-order valence-electron chi connectivity index (χ0n) is 46.5. The third-order valence-corrected chi connectivity index (χ3v) is 16.5. The zero-order valence-corrected chi connectivity index (χ0v) is 46.5. The van der Waals surface area contributed by atoms with Crippen molar-refractivity contribution in [2.45, 2.75) is 197 Å². The van der Waals surface area contributed by atoms with Crippen LogP contribution in [0.1, 0.15) is 118 Å². The van der Waals surface area contributed by atoms with Crippen LogP contribution < -0.4 is 4.73 Å². The van der Waals surface area contributed by atoms with Gasteiger partial charge in [-0.1, -0.05) is 50.3 Å². The van der Waals surface area contributed by atoms with Gasteiger partial charge in [0.1, 0.15) is 48.5 Å². The monoisotopic (exact) mass is 1070 g/mol. The number of esters is 1. The molecule has 3 aliphatic heterocycles. The molecule has 0 aliphatic carbocycles. The Kier molecular flexibility index (Phi) is 20.7. The van der Waals surface area contributed by atoms with E-state index in [-0.39, 0.29) is 31.5 Å². The fraction of sp³-hybridized carbons (Fsp3) is 0.727. The van der Waals surface area contributed by atoms with E-state index in [0.29, 0.717) is 30.6 Å². The molecule has 3 aliphatic rings. The summed E-state index contributed by atoms with van der Waals surface area (Å²) in [4.78, 5) is 30.6. The highest BCUT2D eigenvalue weighted by Crippen LogP contribution is 2.40. The summed E-state index contributed by atoms with van der Waals surface area (Å²) in [6.45, 7) is 14.6. The molecular formula is C55H84FN5O15. The van der Waals surface area contributed by atoms with Gasteiger partial charge in [0.05, 0.1) is 53.3 Å². The van der Waals surface area contributed by atoms with Crippen LogP contribution in [0.15, 0.2) is 55.0 Å². The van der Waals surface area contributed by atoms with Gasteiger partial charge in [0.25, 0.3) is 0 Å². The smallest absolute Gasteiger partial charge is 0.311 e. The fourth-order valence-electron chi connectivity index (χ4n) is 11.3. The van der Waals surface area contributed by atoms with Gasteiger partial charge in [0.15, 0.2) is 25.0 Å². The Bertz CT molecular complexity index is 2350. The van der Waals surface area contributed by atoms with Gasteiger partial charge < -0.3 is 68.4 Å². The Labute approximate surface area is 446 Å². The van der Waals surface area contributed by atoms with Gasteiger partial charge in [-0.3, -0.25) is 9.59 Å². The molecule has 4 N–H and O–H groups in total. The van der Waals surface area contributed by atoms with Crippen molar-refractivity contribution in [3.8, 4) is 11.1 Å². The third kappa shape index (κ3) is 13.7. The Morgan fingerprint density at radius 3 is 2.22 bits per heavy atom. The Balaban J connectivity index is 1.24. The number of carbonyl (C=O) groups excluding carboxylic acids is 2. The van der Waals surface area contributed by atoms with Crippen molar-refractivity contribution in [2.24, 2.45) is 17.8 Å². The number of benzene rings is 1. The van der Waals surface area contributed by atoms with Crippen LogP contribution in [0, 0.1) is 23.0 Å². The molecule has 21 heteroatoms. The van der Waals surface area contributed by atoms with Crippen LogP contribution in [-0.2, 0) is 53.9 Å². The van der Waals surface area contributed by atoms with Crippen molar-refractivity contribution in [3.63, 3.8) is 0 Å². The summed E-state index contributed by atoms with van der Waals surface area (Å²) in [5.74, 6) is -4.04. The van der Waals surface area contributed by atoms with E-state index in [1.807, 2.05) is 49.2 Å². The lowest BCUT2D eigenvalue weighted by Crippen LogP contribution is -2.60. The Morgan fingerprint density at radius 2 is 1.61 bits per heavy atom. The lowest BCUT2D eigenvalue weighted by Gasteiger charge is -2.48. The normalized spacial score (nSPS) is 37.1. The summed E-state index contributed by atoms with van der Waals surface area (Å²) in [5, 5.41) is 67.3. The predicted octanol–water partition coefficient (Wildman–Crippen LogP) is 4.60. The molecule has 19 atom stereocenters. The summed E-state index contributed by atoms with van der Waals surface area (Å²) in [7, 11) is 6.33. The number of aliphatic hydroxyl groups excluding tert-OH is 3. The van der Waals surface area contributed by atoms with E-state index in [2.05, 4.69) is 10.3 Å². The van der Waals surface area contributed by atoms with Crippen molar-refractivity contribution in [3.05, 3.63) is 71.5 Å². The van der Waals surface area contributed by atoms with Crippen LogP contribution in [0.25, 0.3) is 11.1 Å². The molecule has 76 heavy (non-hydrogen) atoms. The molecule has 2 aromatic heterocycles. The van der Waals surface area contributed by atoms with Gasteiger partial charge >= 0.3 is 5.97 Å². The summed E-state index contributed by atoms with van der Waals surface area (Å²) in [5.41, 5.74) is -1.60. The first-order chi connectivity index (χ1) is 35.8. The molecule has 6 rings (SSSR count). The number of Topliss-reactive ketones (excluding diaryl/α,β-unsaturated/α-hetero) is 1. The summed E-state index contributed by atoms with van der Waals surface area (Å²) < 4.78 is 67.3. The van der Waals surface area contributed by atoms with Crippen molar-refractivity contribution in [1.82, 2.24) is 19.9 Å². The largest absolute Gasteiger partial charge is 0.619 e. The lowest BCUT2D eigenvalue weighted by atomic mass is 9.76. The third-order valence-electron chi connectivity index (χ3n) is 16.5. The number of likely N-dealkylation sites (N-methyl/N-ethyl adjacent to an activating group) is 1. The summed E-state index contributed by atoms with van der Waals surface area (Å²) in [6, 6.07) is 9.51. The van der Waals surface area contributed by atoms with Crippen LogP contribution in [0.5, 0.6) is 0 Å². The number of pyridine rings is 1. The van der Waals surface area contributed by atoms with Gasteiger partial charge in [-0.05, 0) is 85.0 Å². The highest BCUT2D eigenvalue weighted by atomic mass is 19.1. The van der Waals surface area contributed by atoms with Gasteiger partial charge in [-0.15, -0.1) is 5.10 Å². The molecule has 0 amide bonds. The van der Waals surface area contributed by atoms with Crippen LogP contribution in [0.4, 0.5) is 4.39 Å². The number of aromatic nitrogens is 4. The molecule has 0 radical (unpaired) electrons. The average Bonchev–Trinajstić information content (AvgIpc) is 3.87. The van der Waals surface area contributed by atoms with Gasteiger partial charge in [0.2, 0.25) is 0 Å². The second-order valence-corrected chi connectivity index (χ2v) is 22.1. The van der Waals surface area contributed by atoms with Crippen molar-refractivity contribution in [2.75, 3.05) is 41.6 Å². The van der Waals surface area contributed by atoms with Crippen LogP contribution in [0.2, 0.25) is 0 Å². The summed E-state index contributed by atoms with van der Waals surface area (Å²) >= 11 is 0. The highest BCUT2D eigenvalue weighted by molar-refractivity contribution is 5.83. The minimum Gasteiger partial charge on any atom is -0.619 e. The Hall–Kier alpha value is -4.10. The van der Waals surface area contributed by atoms with E-state index in [1.165, 1.54) is 52.3 Å². The standard InChI is InChI=1S/C55H84FN5O15/c1-14-43-55(9,67)49(64)34(5)46(62)31(2)26-53(7,70-12)44(25-42(33(4)51(66)75-43)74-45-27-54(8,71-13)50(65)35(6)73-45)76-52-47(63)40(24-32(3)72-52)59(10)23-21-39-30-61(58-57-39)41(28-56)48(69-11)37-19-17-36(18-20-37)38-16-15-22-60(68)29-38/h15-20,22,29-35,40-45,47-50,52,63-65,67H,14,21,23-28H2,1-13H3/t31-,32-,33-,34+,35+,40+,41-,42+,43-,44-,45+,47-,48-,49-,50+,52+,53-,54-,55-/m1/s1. The highest BCUT2D eigenvalue weighted by Gasteiger charge is 2.52. The number of halogens is 1. The van der Waals surface area contributed by atoms with E-state index in [9.17, 15) is 39.6 Å². The molecule has 3 saturated heterocycles. The molecule has 3 fully saturated rings. The van der Waals surface area contributed by atoms with Crippen LogP contribution >= 0.6 is 0 Å². The molecule has 0 spiro atoms. The SMILES string of the molecule is CC[C@H]1OC(=O)[C@H](C)[C@@H](O[C@H]2C[C@@](C)(OC)[C@@H](O)[C@H](C)O2)C[C@@H](O[C@@H]2O[C@H](C)C[C@H](N(C)CCc3cn([C@H](CF)[C@H](OC)c4ccc(-c5ccc[n+]([O-])c5)cc4)nn3)[C@H]2O)[C@](C)(OC)C[C@@H](C)C(=O)[C@H](C)[C@@H](O)[C@]1(C)O. The fourth-order valence-corrected chi connectivity index (χ4v) is 11.3. The number of alkyl halides is 1. The number of hydrogen-bond donors (Lipinski definition) is 4. The van der Waals surface area contributed by atoms with E-state index >= 15 is 0 Å². The number of rotatable bonds is 17. The van der Waals surface area contributed by atoms with E-state index < -0.39 is 127 Å². The van der Waals surface area contributed by atoms with Gasteiger partial charge in [0, 0.05) is 82.8 Å². The first kappa shape index (κ1) is 61.1. The minimum atomic E-state index is -2.02. The number of methoxy groups -OCH3 is 3. The number of cyclic esters (lactones) is 1. The molecule has 5 heterocycles. The molecule has 20 nitrogen and oxygen atoms in total. The molecular weight excluding hydrogens is 990 g/mol. The quantitative estimate of drug-likeness (QED) is 0.0819. The first-order valence-electron chi connectivity index (χ1n) is 26.6. The van der Waals surface area contributed by atoms with Crippen molar-refractivity contribution < 1.29 is 77.0 Å². The number of ketones is 1. The van der Waals surface area contributed by atoms with E-state index in [0.717, 1.165) is 15.9 Å². The topological polar surface area (TPSA) is 250 Å². The number of hydrogen-bond acceptors (Lipinski definition) is 18. The molecule has 1 aromatic carbocycles. The minimum absolute atomic E-state index is 0.0424. The number of nitrogens with zero attached hydrogens (tertiary/aromatic N) is 5. The zero-order chi connectivity index (χ0) is 56.0. The van der Waals surface area contributed by atoms with E-state index in [1.54, 1.807) is 53.8 Å². The Morgan fingerprint density at radius 1 is 0.921 bits per heavy atom. The maximum Gasteiger partial charge on any atom is 0.311 e. The van der Waals surface area contributed by atoms with E-state index in [4.69, 9.17) is 37.9 Å². The van der Waals surface area contributed by atoms with Gasteiger partial charge in [-0.2, -0.15) is 4.73 Å².